The summed E-state index contributed by atoms with van der Waals surface area (Å²) in [5.41, 5.74) is 1.98. The molecule has 1 aromatic carbocycles. The summed E-state index contributed by atoms with van der Waals surface area (Å²) in [6.45, 7) is 6.71. The van der Waals surface area contributed by atoms with Gasteiger partial charge in [0, 0.05) is 19.7 Å². The minimum atomic E-state index is -0.794. The van der Waals surface area contributed by atoms with E-state index in [-0.39, 0.29) is 0 Å². The second-order valence-electron chi connectivity index (χ2n) is 4.18. The molecular weight excluding hydrogens is 230 g/mol. The van der Waals surface area contributed by atoms with Crippen molar-refractivity contribution in [3.63, 3.8) is 0 Å². The van der Waals surface area contributed by atoms with Crippen molar-refractivity contribution in [2.75, 3.05) is 19.8 Å². The van der Waals surface area contributed by atoms with E-state index in [9.17, 15) is 4.79 Å². The van der Waals surface area contributed by atoms with Crippen LogP contribution < -0.4 is 5.32 Å². The minimum absolute atomic E-state index is 0.454. The lowest BCUT2D eigenvalue weighted by atomic mass is 10.0. The van der Waals surface area contributed by atoms with Crippen molar-refractivity contribution in [3.05, 3.63) is 35.4 Å². The van der Waals surface area contributed by atoms with Gasteiger partial charge in [0.05, 0.1) is 12.5 Å². The summed E-state index contributed by atoms with van der Waals surface area (Å²) in [5.74, 6) is -1.25. The zero-order chi connectivity index (χ0) is 13.4. The highest BCUT2D eigenvalue weighted by Crippen LogP contribution is 2.15. The van der Waals surface area contributed by atoms with Crippen molar-refractivity contribution < 1.29 is 14.6 Å². The zero-order valence-electron chi connectivity index (χ0n) is 11.0. The molecule has 4 nitrogen and oxygen atoms in total. The molecule has 0 radical (unpaired) electrons. The molecule has 0 aliphatic heterocycles. The average Bonchev–Trinajstić information content (AvgIpc) is 2.38. The van der Waals surface area contributed by atoms with E-state index in [2.05, 4.69) is 5.32 Å². The Bertz CT molecular complexity index is 362. The Labute approximate surface area is 108 Å². The van der Waals surface area contributed by atoms with Crippen LogP contribution >= 0.6 is 0 Å². The van der Waals surface area contributed by atoms with E-state index in [1.807, 2.05) is 31.2 Å². The quantitative estimate of drug-likeness (QED) is 0.694. The first-order valence-corrected chi connectivity index (χ1v) is 6.25. The van der Waals surface area contributed by atoms with Crippen LogP contribution in [0.3, 0.4) is 0 Å². The molecule has 0 bridgehead atoms. The molecule has 1 rings (SSSR count). The lowest BCUT2D eigenvalue weighted by Gasteiger charge is -2.08. The van der Waals surface area contributed by atoms with Crippen LogP contribution in [0.2, 0.25) is 0 Å². The summed E-state index contributed by atoms with van der Waals surface area (Å²) in [6, 6.07) is 7.67. The number of ether oxygens (including phenoxy) is 1. The van der Waals surface area contributed by atoms with Gasteiger partial charge in [0.2, 0.25) is 0 Å². The van der Waals surface area contributed by atoms with Gasteiger partial charge in [-0.3, -0.25) is 4.79 Å². The number of nitrogens with one attached hydrogen (secondary N) is 1. The number of carboxylic acids is 1. The molecule has 0 saturated carbocycles. The van der Waals surface area contributed by atoms with Gasteiger partial charge in [0.1, 0.15) is 0 Å². The van der Waals surface area contributed by atoms with Crippen molar-refractivity contribution >= 4 is 5.97 Å². The molecule has 18 heavy (non-hydrogen) atoms. The molecule has 0 amide bonds. The Morgan fingerprint density at radius 2 is 2.06 bits per heavy atom. The Balaban J connectivity index is 2.38. The van der Waals surface area contributed by atoms with E-state index in [1.165, 1.54) is 0 Å². The summed E-state index contributed by atoms with van der Waals surface area (Å²) in [7, 11) is 0. The number of benzene rings is 1. The van der Waals surface area contributed by atoms with Crippen LogP contribution in [-0.4, -0.2) is 30.8 Å². The second kappa shape index (κ2) is 7.84. The van der Waals surface area contributed by atoms with Gasteiger partial charge in [0.15, 0.2) is 0 Å². The number of hydrogen-bond donors (Lipinski definition) is 2. The maximum atomic E-state index is 10.8. The summed E-state index contributed by atoms with van der Waals surface area (Å²) in [4.78, 5) is 10.8. The lowest BCUT2D eigenvalue weighted by molar-refractivity contribution is -0.138. The van der Waals surface area contributed by atoms with Crippen LogP contribution in [-0.2, 0) is 16.1 Å². The predicted octanol–water partition coefficient (Wildman–Crippen LogP) is 2.00. The van der Waals surface area contributed by atoms with Gasteiger partial charge in [-0.25, -0.2) is 0 Å². The summed E-state index contributed by atoms with van der Waals surface area (Å²) >= 11 is 0. The first-order valence-electron chi connectivity index (χ1n) is 6.25. The number of rotatable bonds is 8. The summed E-state index contributed by atoms with van der Waals surface area (Å²) in [6.07, 6.45) is 0. The van der Waals surface area contributed by atoms with Gasteiger partial charge >= 0.3 is 5.97 Å². The van der Waals surface area contributed by atoms with E-state index < -0.39 is 11.9 Å². The highest BCUT2D eigenvalue weighted by Gasteiger charge is 2.12. The topological polar surface area (TPSA) is 58.6 Å². The van der Waals surface area contributed by atoms with E-state index >= 15 is 0 Å². The number of hydrogen-bond acceptors (Lipinski definition) is 3. The van der Waals surface area contributed by atoms with Crippen LogP contribution in [0.15, 0.2) is 24.3 Å². The third-order valence-corrected chi connectivity index (χ3v) is 2.81. The fourth-order valence-corrected chi connectivity index (χ4v) is 1.59. The molecule has 1 unspecified atom stereocenters. The highest BCUT2D eigenvalue weighted by molar-refractivity contribution is 5.75. The number of carbonyl (C=O) groups is 1. The van der Waals surface area contributed by atoms with Crippen LogP contribution in [0.4, 0.5) is 0 Å². The van der Waals surface area contributed by atoms with Crippen molar-refractivity contribution in [1.29, 1.82) is 0 Å². The van der Waals surface area contributed by atoms with E-state index in [0.717, 1.165) is 30.8 Å². The molecule has 0 fully saturated rings. The third-order valence-electron chi connectivity index (χ3n) is 2.81. The molecule has 100 valence electrons. The van der Waals surface area contributed by atoms with E-state index in [0.29, 0.717) is 6.61 Å². The van der Waals surface area contributed by atoms with Crippen molar-refractivity contribution in [3.8, 4) is 0 Å². The largest absolute Gasteiger partial charge is 0.481 e. The zero-order valence-corrected chi connectivity index (χ0v) is 11.0. The van der Waals surface area contributed by atoms with Gasteiger partial charge in [-0.2, -0.15) is 0 Å². The van der Waals surface area contributed by atoms with Gasteiger partial charge in [-0.05, 0) is 25.0 Å². The minimum Gasteiger partial charge on any atom is -0.481 e. The molecule has 0 spiro atoms. The van der Waals surface area contributed by atoms with Crippen molar-refractivity contribution in [2.24, 2.45) is 0 Å². The van der Waals surface area contributed by atoms with Crippen LogP contribution in [0.25, 0.3) is 0 Å². The molecule has 0 aromatic heterocycles. The van der Waals surface area contributed by atoms with Crippen molar-refractivity contribution in [1.82, 2.24) is 5.32 Å². The molecule has 0 heterocycles. The molecule has 0 aliphatic carbocycles. The Morgan fingerprint density at radius 1 is 1.39 bits per heavy atom. The number of aliphatic carboxylic acids is 1. The third kappa shape index (κ3) is 4.85. The molecule has 1 atom stereocenters. The fraction of sp³-hybridized carbons (Fsp3) is 0.500. The van der Waals surface area contributed by atoms with Crippen LogP contribution in [0.1, 0.15) is 30.9 Å². The Morgan fingerprint density at radius 3 is 2.61 bits per heavy atom. The van der Waals surface area contributed by atoms with Gasteiger partial charge in [-0.15, -0.1) is 0 Å². The van der Waals surface area contributed by atoms with Crippen LogP contribution in [0, 0.1) is 0 Å². The smallest absolute Gasteiger partial charge is 0.310 e. The first-order chi connectivity index (χ1) is 8.65. The predicted molar refractivity (Wildman–Crippen MR) is 70.7 cm³/mol. The van der Waals surface area contributed by atoms with Gasteiger partial charge < -0.3 is 15.2 Å². The van der Waals surface area contributed by atoms with Gasteiger partial charge in [-0.1, -0.05) is 24.3 Å². The first kappa shape index (κ1) is 14.7. The summed E-state index contributed by atoms with van der Waals surface area (Å²) in [5, 5.41) is 12.2. The van der Waals surface area contributed by atoms with Crippen molar-refractivity contribution in [2.45, 2.75) is 26.3 Å². The standard InChI is InChI=1S/C14H21NO3/c1-3-18-9-8-15-10-12-4-6-13(7-5-12)11(2)14(16)17/h4-7,11,15H,3,8-10H2,1-2H3,(H,16,17). The Hall–Kier alpha value is -1.39. The molecule has 0 saturated heterocycles. The Kier molecular flexibility index (Phi) is 6.39. The van der Waals surface area contributed by atoms with E-state index in [1.54, 1.807) is 6.92 Å². The number of carboxylic acid groups (broad SMARTS) is 1. The monoisotopic (exact) mass is 251 g/mol. The van der Waals surface area contributed by atoms with Crippen LogP contribution in [0.5, 0.6) is 0 Å². The lowest BCUT2D eigenvalue weighted by Crippen LogP contribution is -2.19. The molecule has 2 N–H and O–H groups in total. The maximum absolute atomic E-state index is 10.8. The highest BCUT2D eigenvalue weighted by atomic mass is 16.5. The molecule has 4 heteroatoms. The summed E-state index contributed by atoms with van der Waals surface area (Å²) < 4.78 is 5.22. The molecular formula is C14H21NO3. The van der Waals surface area contributed by atoms with Gasteiger partial charge in [0.25, 0.3) is 0 Å². The fourth-order valence-electron chi connectivity index (χ4n) is 1.59. The normalized spacial score (nSPS) is 12.3. The van der Waals surface area contributed by atoms with E-state index in [4.69, 9.17) is 9.84 Å². The second-order valence-corrected chi connectivity index (χ2v) is 4.18. The molecule has 0 aliphatic rings. The average molecular weight is 251 g/mol. The molecule has 1 aromatic rings. The SMILES string of the molecule is CCOCCNCc1ccc(C(C)C(=O)O)cc1. The maximum Gasteiger partial charge on any atom is 0.310 e.